The fourth-order valence-electron chi connectivity index (χ4n) is 6.91. The fraction of sp³-hybridized carbons (Fsp3) is 0. The number of hydrogen-bond acceptors (Lipinski definition) is 2. The first-order chi connectivity index (χ1) is 24.6. The van der Waals surface area contributed by atoms with E-state index in [0.717, 1.165) is 98.3 Å². The maximum Gasteiger partial charge on any atom is 0.0879 e. The van der Waals surface area contributed by atoms with E-state index < -0.39 is 0 Å². The van der Waals surface area contributed by atoms with Crippen molar-refractivity contribution in [1.29, 1.82) is 0 Å². The Balaban J connectivity index is 1.52. The number of benzene rings is 4. The minimum absolute atomic E-state index is 0.862. The molecular weight excluding hydrogens is 744 g/mol. The van der Waals surface area contributed by atoms with E-state index in [9.17, 15) is 0 Å². The molecule has 0 saturated heterocycles. The lowest BCUT2D eigenvalue weighted by Gasteiger charge is -2.07. The lowest BCUT2D eigenvalue weighted by Crippen LogP contribution is -1.90. The van der Waals surface area contributed by atoms with E-state index >= 15 is 0 Å². The molecule has 0 fully saturated rings. The van der Waals surface area contributed by atoms with E-state index in [1.54, 1.807) is 0 Å². The van der Waals surface area contributed by atoms with Crippen LogP contribution in [0, 0.1) is 0 Å². The molecule has 7 aromatic rings. The molecular formula is C44H28Br2N4. The zero-order chi connectivity index (χ0) is 33.6. The van der Waals surface area contributed by atoms with E-state index in [-0.39, 0.29) is 0 Å². The monoisotopic (exact) mass is 770 g/mol. The molecule has 3 aromatic heterocycles. The van der Waals surface area contributed by atoms with Crippen LogP contribution < -0.4 is 0 Å². The van der Waals surface area contributed by atoms with Crippen LogP contribution in [0.2, 0.25) is 0 Å². The summed E-state index contributed by atoms with van der Waals surface area (Å²) in [7, 11) is 0. The van der Waals surface area contributed by atoms with Crippen LogP contribution in [0.3, 0.4) is 0 Å². The second-order valence-corrected chi connectivity index (χ2v) is 13.9. The standard InChI is InChI=1S/C44H28Br2N4/c45-31-25-37-39(27-13-5-1-6-14-27)33-21-23-35(47-33)41(29-17-9-3-10-18-29)44-32(46)26-38(50-44)40(28-15-7-2-8-16-28)34-22-24-36(48-34)42(43(31)49-37)30-19-11-4-12-20-30/h1-26,47-48H. The van der Waals surface area contributed by atoms with Crippen molar-refractivity contribution in [2.24, 2.45) is 0 Å². The molecule has 0 atom stereocenters. The van der Waals surface area contributed by atoms with Gasteiger partial charge in [0.15, 0.2) is 0 Å². The van der Waals surface area contributed by atoms with Crippen molar-refractivity contribution in [3.8, 4) is 44.5 Å². The van der Waals surface area contributed by atoms with Gasteiger partial charge in [0.1, 0.15) is 0 Å². The summed E-state index contributed by atoms with van der Waals surface area (Å²) in [6.07, 6.45) is 4.27. The second kappa shape index (κ2) is 12.7. The first-order valence-electron chi connectivity index (χ1n) is 16.4. The molecule has 4 nitrogen and oxygen atoms in total. The van der Waals surface area contributed by atoms with Crippen LogP contribution in [0.15, 0.2) is 146 Å². The minimum Gasteiger partial charge on any atom is -0.354 e. The van der Waals surface area contributed by atoms with Gasteiger partial charge >= 0.3 is 0 Å². The Morgan fingerprint density at radius 3 is 0.940 bits per heavy atom. The van der Waals surface area contributed by atoms with Gasteiger partial charge in [0.2, 0.25) is 0 Å². The summed E-state index contributed by atoms with van der Waals surface area (Å²) in [5.74, 6) is 0. The molecule has 2 N–H and O–H groups in total. The summed E-state index contributed by atoms with van der Waals surface area (Å²) in [5, 5.41) is 0. The number of aromatic amines is 2. The summed E-state index contributed by atoms with van der Waals surface area (Å²) in [6.45, 7) is 0. The highest BCUT2D eigenvalue weighted by Gasteiger charge is 2.22. The molecule has 2 aliphatic heterocycles. The number of nitrogens with zero attached hydrogens (tertiary/aromatic N) is 2. The molecule has 238 valence electrons. The normalized spacial score (nSPS) is 12.4. The Labute approximate surface area is 306 Å². The minimum atomic E-state index is 0.862. The molecule has 0 saturated carbocycles. The molecule has 0 radical (unpaired) electrons. The van der Waals surface area contributed by atoms with Crippen LogP contribution in [-0.2, 0) is 0 Å². The van der Waals surface area contributed by atoms with Crippen molar-refractivity contribution in [2.75, 3.05) is 0 Å². The lowest BCUT2D eigenvalue weighted by atomic mass is 10.0. The largest absolute Gasteiger partial charge is 0.354 e. The molecule has 0 unspecified atom stereocenters. The smallest absolute Gasteiger partial charge is 0.0879 e. The van der Waals surface area contributed by atoms with Crippen LogP contribution in [0.5, 0.6) is 0 Å². The average molecular weight is 773 g/mol. The highest BCUT2D eigenvalue weighted by molar-refractivity contribution is 9.15. The first-order valence-corrected chi connectivity index (χ1v) is 18.0. The zero-order valence-electron chi connectivity index (χ0n) is 26.7. The van der Waals surface area contributed by atoms with Crippen LogP contribution >= 0.6 is 31.9 Å². The fourth-order valence-corrected chi connectivity index (χ4v) is 7.92. The van der Waals surface area contributed by atoms with Crippen molar-refractivity contribution >= 4 is 75.0 Å². The van der Waals surface area contributed by atoms with E-state index in [4.69, 9.17) is 9.97 Å². The predicted octanol–water partition coefficient (Wildman–Crippen LogP) is 12.8. The number of aromatic nitrogens is 4. The summed E-state index contributed by atoms with van der Waals surface area (Å²) >= 11 is 7.90. The van der Waals surface area contributed by atoms with Gasteiger partial charge in [0.25, 0.3) is 0 Å². The second-order valence-electron chi connectivity index (χ2n) is 12.2. The predicted molar refractivity (Wildman–Crippen MR) is 216 cm³/mol. The molecule has 5 heterocycles. The molecule has 2 aliphatic rings. The van der Waals surface area contributed by atoms with Crippen molar-refractivity contribution in [3.63, 3.8) is 0 Å². The number of halogens is 2. The highest BCUT2D eigenvalue weighted by Crippen LogP contribution is 2.43. The molecule has 0 amide bonds. The van der Waals surface area contributed by atoms with E-state index in [1.807, 2.05) is 24.3 Å². The van der Waals surface area contributed by atoms with Crippen LogP contribution in [0.1, 0.15) is 22.8 Å². The maximum atomic E-state index is 5.41. The van der Waals surface area contributed by atoms with E-state index in [2.05, 4.69) is 175 Å². The molecule has 9 rings (SSSR count). The van der Waals surface area contributed by atoms with Gasteiger partial charge in [0.05, 0.1) is 22.8 Å². The molecule has 50 heavy (non-hydrogen) atoms. The zero-order valence-corrected chi connectivity index (χ0v) is 29.8. The van der Waals surface area contributed by atoms with Gasteiger partial charge < -0.3 is 9.97 Å². The third kappa shape index (κ3) is 5.38. The molecule has 0 spiro atoms. The van der Waals surface area contributed by atoms with Crippen molar-refractivity contribution < 1.29 is 0 Å². The lowest BCUT2D eigenvalue weighted by molar-refractivity contribution is 1.31. The molecule has 0 aliphatic carbocycles. The van der Waals surface area contributed by atoms with Gasteiger partial charge in [-0.1, -0.05) is 121 Å². The summed E-state index contributed by atoms with van der Waals surface area (Å²) in [4.78, 5) is 18.4. The number of rotatable bonds is 4. The maximum absolute atomic E-state index is 5.41. The van der Waals surface area contributed by atoms with Crippen LogP contribution in [0.25, 0.3) is 87.7 Å². The molecule has 6 heteroatoms. The van der Waals surface area contributed by atoms with Crippen molar-refractivity contribution in [2.45, 2.75) is 0 Å². The number of fused-ring (bicyclic) bond motifs is 8. The average Bonchev–Trinajstić information content (AvgIpc) is 3.97. The molecule has 4 aromatic carbocycles. The highest BCUT2D eigenvalue weighted by atomic mass is 79.9. The summed E-state index contributed by atoms with van der Waals surface area (Å²) in [5.41, 5.74) is 15.6. The van der Waals surface area contributed by atoms with Gasteiger partial charge in [-0.3, -0.25) is 0 Å². The van der Waals surface area contributed by atoms with Gasteiger partial charge in [-0.05, 0) is 90.5 Å². The van der Waals surface area contributed by atoms with Crippen LogP contribution in [-0.4, -0.2) is 19.9 Å². The topological polar surface area (TPSA) is 57.4 Å². The van der Waals surface area contributed by atoms with Crippen molar-refractivity contribution in [3.05, 3.63) is 168 Å². The Morgan fingerprint density at radius 1 is 0.340 bits per heavy atom. The number of H-pyrrole nitrogens is 2. The SMILES string of the molecule is BrC1=Cc2nc1c(-c1ccccc1)c1ccc([nH]1)c(-c1ccccc1)c1nc(c(-c3ccccc3)c3ccc([nH]3)c2-c2ccccc2)C(Br)=C1. The van der Waals surface area contributed by atoms with E-state index in [0.29, 0.717) is 0 Å². The molecule has 8 bridgehead atoms. The van der Waals surface area contributed by atoms with Gasteiger partial charge in [0, 0.05) is 53.3 Å². The van der Waals surface area contributed by atoms with Gasteiger partial charge in [-0.2, -0.15) is 0 Å². The Morgan fingerprint density at radius 2 is 0.620 bits per heavy atom. The van der Waals surface area contributed by atoms with Gasteiger partial charge in [-0.15, -0.1) is 0 Å². The third-order valence-corrected chi connectivity index (χ3v) is 10.3. The Kier molecular flexibility index (Phi) is 7.76. The third-order valence-electron chi connectivity index (χ3n) is 9.13. The van der Waals surface area contributed by atoms with Crippen molar-refractivity contribution in [1.82, 2.24) is 19.9 Å². The Bertz CT molecular complexity index is 2450. The Hall–Kier alpha value is -5.56. The summed E-state index contributed by atoms with van der Waals surface area (Å²) < 4.78 is 1.84. The van der Waals surface area contributed by atoms with Crippen LogP contribution in [0.4, 0.5) is 0 Å². The van der Waals surface area contributed by atoms with E-state index in [1.165, 1.54) is 0 Å². The first kappa shape index (κ1) is 30.5. The van der Waals surface area contributed by atoms with Gasteiger partial charge in [-0.25, -0.2) is 9.97 Å². The summed E-state index contributed by atoms with van der Waals surface area (Å²) in [6, 6.07) is 50.4. The number of hydrogen-bond donors (Lipinski definition) is 2. The quantitative estimate of drug-likeness (QED) is 0.187. The number of nitrogens with one attached hydrogen (secondary N) is 2.